The maximum absolute atomic E-state index is 13.1. The van der Waals surface area contributed by atoms with Crippen LogP contribution in [0.4, 0.5) is 4.39 Å². The minimum absolute atomic E-state index is 0.109. The zero-order chi connectivity index (χ0) is 20.9. The van der Waals surface area contributed by atoms with E-state index in [0.717, 1.165) is 5.69 Å². The molecule has 0 unspecified atom stereocenters. The minimum Gasteiger partial charge on any atom is -0.380 e. The van der Waals surface area contributed by atoms with E-state index in [-0.39, 0.29) is 17.4 Å². The molecule has 1 aromatic heterocycles. The standard InChI is InChI=1S/C23H18FN3O2S/c24-18-13-11-16(12-14-18)20(28)15-30-23-26-25-22(21(29)17-7-3-1-4-8-17)27(23)19-9-5-2-6-10-19/h1-14,21,29H,15H2/t21-/m0/s1. The molecule has 7 heteroatoms. The second-order valence-corrected chi connectivity index (χ2v) is 7.49. The molecule has 4 rings (SSSR count). The molecular formula is C23H18FN3O2S. The van der Waals surface area contributed by atoms with E-state index >= 15 is 0 Å². The van der Waals surface area contributed by atoms with Crippen LogP contribution in [0.3, 0.4) is 0 Å². The molecule has 1 heterocycles. The van der Waals surface area contributed by atoms with Gasteiger partial charge in [0.05, 0.1) is 5.75 Å². The molecule has 0 saturated heterocycles. The fourth-order valence-electron chi connectivity index (χ4n) is 3.01. The van der Waals surface area contributed by atoms with Gasteiger partial charge in [-0.1, -0.05) is 60.3 Å². The van der Waals surface area contributed by atoms with E-state index in [1.165, 1.54) is 36.0 Å². The number of benzene rings is 3. The molecule has 0 radical (unpaired) electrons. The number of carbonyl (C=O) groups is 1. The topological polar surface area (TPSA) is 68.0 Å². The Hall–Kier alpha value is -3.29. The summed E-state index contributed by atoms with van der Waals surface area (Å²) in [6, 6.07) is 24.1. The van der Waals surface area contributed by atoms with Crippen molar-refractivity contribution in [2.45, 2.75) is 11.3 Å². The van der Waals surface area contributed by atoms with E-state index in [1.54, 1.807) is 4.57 Å². The molecule has 0 aliphatic heterocycles. The molecule has 150 valence electrons. The molecule has 0 aliphatic carbocycles. The van der Waals surface area contributed by atoms with Crippen molar-refractivity contribution in [3.63, 3.8) is 0 Å². The van der Waals surface area contributed by atoms with Crippen molar-refractivity contribution < 1.29 is 14.3 Å². The van der Waals surface area contributed by atoms with Crippen LogP contribution < -0.4 is 0 Å². The monoisotopic (exact) mass is 419 g/mol. The number of para-hydroxylation sites is 1. The Morgan fingerprint density at radius 2 is 1.57 bits per heavy atom. The summed E-state index contributed by atoms with van der Waals surface area (Å²) in [5.41, 5.74) is 1.91. The number of aliphatic hydroxyl groups is 1. The summed E-state index contributed by atoms with van der Waals surface area (Å²) < 4.78 is 14.8. The van der Waals surface area contributed by atoms with Crippen LogP contribution in [0.1, 0.15) is 27.8 Å². The Morgan fingerprint density at radius 1 is 0.933 bits per heavy atom. The molecule has 0 spiro atoms. The van der Waals surface area contributed by atoms with E-state index in [9.17, 15) is 14.3 Å². The van der Waals surface area contributed by atoms with Gasteiger partial charge in [-0.3, -0.25) is 9.36 Å². The zero-order valence-electron chi connectivity index (χ0n) is 15.9. The van der Waals surface area contributed by atoms with Crippen molar-refractivity contribution in [3.8, 4) is 5.69 Å². The predicted molar refractivity (Wildman–Crippen MR) is 113 cm³/mol. The molecular weight excluding hydrogens is 401 g/mol. The van der Waals surface area contributed by atoms with Crippen molar-refractivity contribution in [1.29, 1.82) is 0 Å². The molecule has 1 N–H and O–H groups in total. The number of hydrogen-bond donors (Lipinski definition) is 1. The summed E-state index contributed by atoms with van der Waals surface area (Å²) in [4.78, 5) is 12.5. The van der Waals surface area contributed by atoms with Gasteiger partial charge in [-0.15, -0.1) is 10.2 Å². The Bertz CT molecular complexity index is 1130. The molecule has 4 aromatic rings. The van der Waals surface area contributed by atoms with Crippen molar-refractivity contribution in [3.05, 3.63) is 108 Å². The van der Waals surface area contributed by atoms with Gasteiger partial charge in [0.1, 0.15) is 11.9 Å². The first-order valence-corrected chi connectivity index (χ1v) is 10.3. The SMILES string of the molecule is O=C(CSc1nnc([C@@H](O)c2ccccc2)n1-c1ccccc1)c1ccc(F)cc1. The van der Waals surface area contributed by atoms with Gasteiger partial charge in [0.15, 0.2) is 16.8 Å². The first kappa shape index (κ1) is 20.0. The van der Waals surface area contributed by atoms with E-state index < -0.39 is 6.10 Å². The fraction of sp³-hybridized carbons (Fsp3) is 0.0870. The lowest BCUT2D eigenvalue weighted by Crippen LogP contribution is -2.10. The number of nitrogens with zero attached hydrogens (tertiary/aromatic N) is 3. The van der Waals surface area contributed by atoms with Gasteiger partial charge in [-0.25, -0.2) is 4.39 Å². The smallest absolute Gasteiger partial charge is 0.196 e. The molecule has 0 saturated carbocycles. The largest absolute Gasteiger partial charge is 0.380 e. The normalized spacial score (nSPS) is 11.9. The van der Waals surface area contributed by atoms with Crippen LogP contribution in [0.25, 0.3) is 5.69 Å². The minimum atomic E-state index is -0.971. The van der Waals surface area contributed by atoms with Gasteiger partial charge in [-0.05, 0) is 42.0 Å². The lowest BCUT2D eigenvalue weighted by atomic mass is 10.1. The number of carbonyl (C=O) groups excluding carboxylic acids is 1. The van der Waals surface area contributed by atoms with Crippen molar-refractivity contribution >= 4 is 17.5 Å². The summed E-state index contributed by atoms with van der Waals surface area (Å²) >= 11 is 1.22. The third-order valence-corrected chi connectivity index (χ3v) is 5.46. The summed E-state index contributed by atoms with van der Waals surface area (Å²) in [6.07, 6.45) is -0.971. The van der Waals surface area contributed by atoms with Crippen LogP contribution >= 0.6 is 11.8 Å². The Balaban J connectivity index is 1.64. The summed E-state index contributed by atoms with van der Waals surface area (Å²) in [5, 5.41) is 19.8. The van der Waals surface area contributed by atoms with Gasteiger partial charge >= 0.3 is 0 Å². The highest BCUT2D eigenvalue weighted by molar-refractivity contribution is 7.99. The van der Waals surface area contributed by atoms with E-state index in [4.69, 9.17) is 0 Å². The van der Waals surface area contributed by atoms with Crippen molar-refractivity contribution in [2.24, 2.45) is 0 Å². The number of rotatable bonds is 7. The number of aliphatic hydroxyl groups excluding tert-OH is 1. The fourth-order valence-corrected chi connectivity index (χ4v) is 3.86. The maximum atomic E-state index is 13.1. The van der Waals surface area contributed by atoms with Gasteiger partial charge in [0.2, 0.25) is 0 Å². The first-order chi connectivity index (χ1) is 14.6. The van der Waals surface area contributed by atoms with Crippen LogP contribution in [0.5, 0.6) is 0 Å². The average Bonchev–Trinajstić information content (AvgIpc) is 3.22. The van der Waals surface area contributed by atoms with Crippen LogP contribution in [-0.4, -0.2) is 31.4 Å². The zero-order valence-corrected chi connectivity index (χ0v) is 16.7. The van der Waals surface area contributed by atoms with Crippen LogP contribution in [-0.2, 0) is 0 Å². The second-order valence-electron chi connectivity index (χ2n) is 6.54. The number of halogens is 1. The number of ketones is 1. The van der Waals surface area contributed by atoms with Crippen LogP contribution in [0.15, 0.2) is 90.1 Å². The van der Waals surface area contributed by atoms with Gasteiger partial charge < -0.3 is 5.11 Å². The van der Waals surface area contributed by atoms with Gasteiger partial charge in [-0.2, -0.15) is 0 Å². The summed E-state index contributed by atoms with van der Waals surface area (Å²) in [5.74, 6) is -0.0580. The molecule has 3 aromatic carbocycles. The Morgan fingerprint density at radius 3 is 2.23 bits per heavy atom. The highest BCUT2D eigenvalue weighted by Crippen LogP contribution is 2.28. The molecule has 30 heavy (non-hydrogen) atoms. The molecule has 0 amide bonds. The van der Waals surface area contributed by atoms with Crippen molar-refractivity contribution in [2.75, 3.05) is 5.75 Å². The molecule has 1 atom stereocenters. The van der Waals surface area contributed by atoms with Gasteiger partial charge in [0, 0.05) is 11.3 Å². The third kappa shape index (κ3) is 4.32. The average molecular weight is 419 g/mol. The quantitative estimate of drug-likeness (QED) is 0.354. The van der Waals surface area contributed by atoms with E-state index in [2.05, 4.69) is 10.2 Å². The van der Waals surface area contributed by atoms with Crippen LogP contribution in [0.2, 0.25) is 0 Å². The van der Waals surface area contributed by atoms with E-state index in [1.807, 2.05) is 60.7 Å². The third-order valence-electron chi connectivity index (χ3n) is 4.53. The van der Waals surface area contributed by atoms with Crippen LogP contribution in [0, 0.1) is 5.82 Å². The summed E-state index contributed by atoms with van der Waals surface area (Å²) in [7, 11) is 0. The number of Topliss-reactive ketones (excluding diaryl/α,β-unsaturated/α-hetero) is 1. The molecule has 5 nitrogen and oxygen atoms in total. The number of thioether (sulfide) groups is 1. The summed E-state index contributed by atoms with van der Waals surface area (Å²) in [6.45, 7) is 0. The highest BCUT2D eigenvalue weighted by atomic mass is 32.2. The first-order valence-electron chi connectivity index (χ1n) is 9.29. The van der Waals surface area contributed by atoms with E-state index in [0.29, 0.717) is 22.1 Å². The molecule has 0 aliphatic rings. The van der Waals surface area contributed by atoms with Crippen molar-refractivity contribution in [1.82, 2.24) is 14.8 Å². The Labute approximate surface area is 177 Å². The molecule has 0 bridgehead atoms. The Kier molecular flexibility index (Phi) is 6.02. The predicted octanol–water partition coefficient (Wildman–Crippen LogP) is 4.46. The molecule has 0 fully saturated rings. The maximum Gasteiger partial charge on any atom is 0.196 e. The second kappa shape index (κ2) is 9.02. The lowest BCUT2D eigenvalue weighted by Gasteiger charge is -2.14. The lowest BCUT2D eigenvalue weighted by molar-refractivity contribution is 0.102. The highest BCUT2D eigenvalue weighted by Gasteiger charge is 2.22. The number of aromatic nitrogens is 3. The number of hydrogen-bond acceptors (Lipinski definition) is 5. The van der Waals surface area contributed by atoms with Gasteiger partial charge in [0.25, 0.3) is 0 Å².